The third-order valence-corrected chi connectivity index (χ3v) is 2.15. The van der Waals surface area contributed by atoms with Gasteiger partial charge in [-0.3, -0.25) is 4.68 Å². The molecular formula is C9H14N6. The van der Waals surface area contributed by atoms with E-state index in [2.05, 4.69) is 20.4 Å². The molecular weight excluding hydrogens is 192 g/mol. The lowest BCUT2D eigenvalue weighted by Gasteiger charge is -2.02. The van der Waals surface area contributed by atoms with Crippen molar-refractivity contribution < 1.29 is 0 Å². The van der Waals surface area contributed by atoms with E-state index in [-0.39, 0.29) is 0 Å². The van der Waals surface area contributed by atoms with E-state index in [1.807, 2.05) is 24.9 Å². The van der Waals surface area contributed by atoms with Crippen LogP contribution in [0.3, 0.4) is 0 Å². The fraction of sp³-hybridized carbons (Fsp3) is 0.444. The van der Waals surface area contributed by atoms with E-state index in [1.165, 1.54) is 0 Å². The van der Waals surface area contributed by atoms with E-state index >= 15 is 0 Å². The van der Waals surface area contributed by atoms with Crippen LogP contribution in [0, 0.1) is 0 Å². The summed E-state index contributed by atoms with van der Waals surface area (Å²) in [5, 5.41) is 7.43. The third kappa shape index (κ3) is 2.41. The second-order valence-corrected chi connectivity index (χ2v) is 3.43. The average Bonchev–Trinajstić information content (AvgIpc) is 2.77. The Hall–Kier alpha value is -1.69. The first-order chi connectivity index (χ1) is 7.25. The topological polar surface area (TPSA) is 60.6 Å². The van der Waals surface area contributed by atoms with Crippen LogP contribution >= 0.6 is 0 Å². The van der Waals surface area contributed by atoms with Crippen LogP contribution < -0.4 is 5.32 Å². The van der Waals surface area contributed by atoms with Crippen molar-refractivity contribution in [2.24, 2.45) is 14.1 Å². The molecule has 80 valence electrons. The molecule has 6 heteroatoms. The molecule has 0 aliphatic heterocycles. The molecule has 2 heterocycles. The van der Waals surface area contributed by atoms with E-state index < -0.39 is 0 Å². The van der Waals surface area contributed by atoms with E-state index in [0.29, 0.717) is 6.54 Å². The second kappa shape index (κ2) is 4.22. The van der Waals surface area contributed by atoms with Gasteiger partial charge in [-0.2, -0.15) is 5.10 Å². The zero-order valence-electron chi connectivity index (χ0n) is 8.88. The molecule has 2 aromatic heterocycles. The predicted molar refractivity (Wildman–Crippen MR) is 54.8 cm³/mol. The van der Waals surface area contributed by atoms with Gasteiger partial charge in [-0.15, -0.1) is 0 Å². The largest absolute Gasteiger partial charge is 0.337 e. The van der Waals surface area contributed by atoms with Gasteiger partial charge >= 0.3 is 0 Å². The molecule has 2 aromatic rings. The van der Waals surface area contributed by atoms with Gasteiger partial charge in [-0.1, -0.05) is 0 Å². The first-order valence-electron chi connectivity index (χ1n) is 4.76. The summed E-state index contributed by atoms with van der Waals surface area (Å²) in [6.07, 6.45) is 5.33. The van der Waals surface area contributed by atoms with Crippen LogP contribution in [0.1, 0.15) is 11.5 Å². The molecule has 15 heavy (non-hydrogen) atoms. The maximum absolute atomic E-state index is 4.17. The number of aromatic nitrogens is 5. The standard InChI is InChI=1S/C9H14N6/c1-14-6-11-4-8(14)3-10-5-9-12-7-15(2)13-9/h4,6-7,10H,3,5H2,1-2H3. The maximum Gasteiger partial charge on any atom is 0.164 e. The smallest absolute Gasteiger partial charge is 0.164 e. The Morgan fingerprint density at radius 3 is 2.73 bits per heavy atom. The molecule has 0 saturated carbocycles. The summed E-state index contributed by atoms with van der Waals surface area (Å²) in [5.74, 6) is 0.805. The number of hydrogen-bond donors (Lipinski definition) is 1. The van der Waals surface area contributed by atoms with Crippen molar-refractivity contribution in [2.75, 3.05) is 0 Å². The van der Waals surface area contributed by atoms with Crippen molar-refractivity contribution in [3.63, 3.8) is 0 Å². The summed E-state index contributed by atoms with van der Waals surface area (Å²) in [6.45, 7) is 1.45. The second-order valence-electron chi connectivity index (χ2n) is 3.43. The quantitative estimate of drug-likeness (QED) is 0.755. The first kappa shape index (κ1) is 9.85. The molecule has 0 aliphatic carbocycles. The number of hydrogen-bond acceptors (Lipinski definition) is 4. The van der Waals surface area contributed by atoms with Gasteiger partial charge in [0.1, 0.15) is 6.33 Å². The van der Waals surface area contributed by atoms with Crippen LogP contribution in [-0.2, 0) is 27.2 Å². The van der Waals surface area contributed by atoms with Crippen molar-refractivity contribution in [3.8, 4) is 0 Å². The fourth-order valence-corrected chi connectivity index (χ4v) is 1.32. The summed E-state index contributed by atoms with van der Waals surface area (Å²) in [4.78, 5) is 8.16. The molecule has 0 saturated heterocycles. The highest BCUT2D eigenvalue weighted by Gasteiger charge is 2.00. The van der Waals surface area contributed by atoms with Crippen molar-refractivity contribution in [2.45, 2.75) is 13.1 Å². The Kier molecular flexibility index (Phi) is 2.77. The summed E-state index contributed by atoms with van der Waals surface area (Å²) < 4.78 is 3.68. The number of aryl methyl sites for hydroxylation is 2. The third-order valence-electron chi connectivity index (χ3n) is 2.15. The normalized spacial score (nSPS) is 10.8. The van der Waals surface area contributed by atoms with Gasteiger partial charge in [0.05, 0.1) is 18.6 Å². The summed E-state index contributed by atoms with van der Waals surface area (Å²) >= 11 is 0. The van der Waals surface area contributed by atoms with Gasteiger partial charge in [0.2, 0.25) is 0 Å². The predicted octanol–water partition coefficient (Wildman–Crippen LogP) is -0.162. The maximum atomic E-state index is 4.17. The Balaban J connectivity index is 1.83. The molecule has 0 aliphatic rings. The highest BCUT2D eigenvalue weighted by Crippen LogP contribution is 1.95. The monoisotopic (exact) mass is 206 g/mol. The lowest BCUT2D eigenvalue weighted by molar-refractivity contribution is 0.625. The SMILES string of the molecule is Cn1cnc(CNCc2cncn2C)n1. The Labute approximate surface area is 88.0 Å². The zero-order chi connectivity index (χ0) is 10.7. The molecule has 2 rings (SSSR count). The number of imidazole rings is 1. The average molecular weight is 206 g/mol. The zero-order valence-corrected chi connectivity index (χ0v) is 8.88. The molecule has 0 amide bonds. The van der Waals surface area contributed by atoms with Crippen LogP contribution in [0.25, 0.3) is 0 Å². The Bertz CT molecular complexity index is 429. The molecule has 0 radical (unpaired) electrons. The first-order valence-corrected chi connectivity index (χ1v) is 4.76. The van der Waals surface area contributed by atoms with Crippen molar-refractivity contribution in [3.05, 3.63) is 30.4 Å². The highest BCUT2D eigenvalue weighted by atomic mass is 15.3. The molecule has 1 N–H and O–H groups in total. The van der Waals surface area contributed by atoms with Gasteiger partial charge < -0.3 is 9.88 Å². The molecule has 0 atom stereocenters. The van der Waals surface area contributed by atoms with Gasteiger partial charge in [-0.05, 0) is 0 Å². The van der Waals surface area contributed by atoms with Crippen molar-refractivity contribution in [1.82, 2.24) is 29.6 Å². The molecule has 6 nitrogen and oxygen atoms in total. The lowest BCUT2D eigenvalue weighted by atomic mass is 10.4. The molecule has 0 spiro atoms. The van der Waals surface area contributed by atoms with Gasteiger partial charge in [0.15, 0.2) is 5.82 Å². The van der Waals surface area contributed by atoms with E-state index in [9.17, 15) is 0 Å². The molecule has 0 fully saturated rings. The Morgan fingerprint density at radius 1 is 1.27 bits per heavy atom. The number of nitrogens with zero attached hydrogens (tertiary/aromatic N) is 5. The molecule has 0 bridgehead atoms. The van der Waals surface area contributed by atoms with Crippen molar-refractivity contribution in [1.29, 1.82) is 0 Å². The van der Waals surface area contributed by atoms with Gasteiger partial charge in [0, 0.05) is 26.8 Å². The van der Waals surface area contributed by atoms with Gasteiger partial charge in [0.25, 0.3) is 0 Å². The van der Waals surface area contributed by atoms with Crippen LogP contribution in [0.5, 0.6) is 0 Å². The minimum absolute atomic E-state index is 0.673. The summed E-state index contributed by atoms with van der Waals surface area (Å²) in [5.41, 5.74) is 1.14. The van der Waals surface area contributed by atoms with Crippen LogP contribution in [0.15, 0.2) is 18.9 Å². The van der Waals surface area contributed by atoms with Crippen LogP contribution in [-0.4, -0.2) is 24.3 Å². The molecule has 0 aromatic carbocycles. The number of nitrogens with one attached hydrogen (secondary N) is 1. The van der Waals surface area contributed by atoms with Crippen LogP contribution in [0.4, 0.5) is 0 Å². The van der Waals surface area contributed by atoms with Gasteiger partial charge in [-0.25, -0.2) is 9.97 Å². The minimum atomic E-state index is 0.673. The van der Waals surface area contributed by atoms with E-state index in [4.69, 9.17) is 0 Å². The minimum Gasteiger partial charge on any atom is -0.337 e. The summed E-state index contributed by atoms with van der Waals surface area (Å²) in [6, 6.07) is 0. The van der Waals surface area contributed by atoms with E-state index in [0.717, 1.165) is 18.1 Å². The summed E-state index contributed by atoms with van der Waals surface area (Å²) in [7, 11) is 3.83. The van der Waals surface area contributed by atoms with Crippen molar-refractivity contribution >= 4 is 0 Å². The van der Waals surface area contributed by atoms with Crippen LogP contribution in [0.2, 0.25) is 0 Å². The Morgan fingerprint density at radius 2 is 2.13 bits per heavy atom. The van der Waals surface area contributed by atoms with E-state index in [1.54, 1.807) is 17.3 Å². The number of rotatable bonds is 4. The highest BCUT2D eigenvalue weighted by molar-refractivity contribution is 4.97. The molecule has 0 unspecified atom stereocenters. The fourth-order valence-electron chi connectivity index (χ4n) is 1.32. The lowest BCUT2D eigenvalue weighted by Crippen LogP contribution is -2.15.